The summed E-state index contributed by atoms with van der Waals surface area (Å²) in [6.45, 7) is 2.77. The van der Waals surface area contributed by atoms with Gasteiger partial charge >= 0.3 is 0 Å². The zero-order chi connectivity index (χ0) is 9.26. The number of aryl methyl sites for hydroxylation is 1. The summed E-state index contributed by atoms with van der Waals surface area (Å²) in [7, 11) is 0. The Morgan fingerprint density at radius 2 is 2.23 bits per heavy atom. The second-order valence-electron chi connectivity index (χ2n) is 3.25. The number of benzene rings is 1. The first-order valence-corrected chi connectivity index (χ1v) is 4.64. The molecule has 3 N–H and O–H groups in total. The molecule has 0 saturated heterocycles. The molecule has 0 fully saturated rings. The quantitative estimate of drug-likeness (QED) is 0.720. The van der Waals surface area contributed by atoms with E-state index in [2.05, 4.69) is 36.3 Å². The number of rotatable bonds is 2. The number of hydrogen-bond donors (Lipinski definition) is 2. The molecule has 0 radical (unpaired) electrons. The highest BCUT2D eigenvalue weighted by atomic mass is 14.7. The van der Waals surface area contributed by atoms with Crippen molar-refractivity contribution in [3.05, 3.63) is 35.5 Å². The first-order chi connectivity index (χ1) is 6.35. The summed E-state index contributed by atoms with van der Waals surface area (Å²) in [5, 5.41) is 1.32. The van der Waals surface area contributed by atoms with Gasteiger partial charge in [-0.15, -0.1) is 0 Å². The summed E-state index contributed by atoms with van der Waals surface area (Å²) in [5.41, 5.74) is 9.31. The number of aromatic amines is 1. The van der Waals surface area contributed by atoms with Crippen LogP contribution in [0.2, 0.25) is 0 Å². The lowest BCUT2D eigenvalue weighted by atomic mass is 10.1. The van der Waals surface area contributed by atoms with Gasteiger partial charge in [0.2, 0.25) is 0 Å². The molecule has 2 nitrogen and oxygen atoms in total. The van der Waals surface area contributed by atoms with Crippen LogP contribution >= 0.6 is 0 Å². The standard InChI is InChI=1S/C11H14N2/c1-2-9-7-13-11-5-8(6-12)3-4-10(9)11/h3-5,7,13H,2,6,12H2,1H3. The summed E-state index contributed by atoms with van der Waals surface area (Å²) in [6.07, 6.45) is 3.15. The Bertz CT molecular complexity index is 415. The van der Waals surface area contributed by atoms with E-state index in [0.717, 1.165) is 6.42 Å². The van der Waals surface area contributed by atoms with Gasteiger partial charge < -0.3 is 10.7 Å². The highest BCUT2D eigenvalue weighted by Crippen LogP contribution is 2.19. The van der Waals surface area contributed by atoms with Crippen LogP contribution < -0.4 is 5.73 Å². The van der Waals surface area contributed by atoms with E-state index in [1.807, 2.05) is 0 Å². The second-order valence-corrected chi connectivity index (χ2v) is 3.25. The zero-order valence-electron chi connectivity index (χ0n) is 7.80. The lowest BCUT2D eigenvalue weighted by Gasteiger charge is -1.97. The molecule has 0 bridgehead atoms. The van der Waals surface area contributed by atoms with Crippen LogP contribution in [-0.4, -0.2) is 4.98 Å². The lowest BCUT2D eigenvalue weighted by Crippen LogP contribution is -1.95. The third kappa shape index (κ3) is 1.33. The van der Waals surface area contributed by atoms with Gasteiger partial charge in [0.25, 0.3) is 0 Å². The fraction of sp³-hybridized carbons (Fsp3) is 0.273. The Labute approximate surface area is 77.8 Å². The normalized spacial score (nSPS) is 10.9. The molecule has 1 aromatic carbocycles. The first-order valence-electron chi connectivity index (χ1n) is 4.64. The number of H-pyrrole nitrogens is 1. The van der Waals surface area contributed by atoms with Crippen LogP contribution in [0.1, 0.15) is 18.1 Å². The molecule has 2 aromatic rings. The van der Waals surface area contributed by atoms with Crippen molar-refractivity contribution in [2.75, 3.05) is 0 Å². The van der Waals surface area contributed by atoms with E-state index in [4.69, 9.17) is 5.73 Å². The Hall–Kier alpha value is -1.28. The van der Waals surface area contributed by atoms with E-state index in [9.17, 15) is 0 Å². The van der Waals surface area contributed by atoms with Gasteiger partial charge in [-0.2, -0.15) is 0 Å². The van der Waals surface area contributed by atoms with Gasteiger partial charge in [0.05, 0.1) is 0 Å². The first kappa shape index (κ1) is 8.32. The van der Waals surface area contributed by atoms with Crippen LogP contribution in [0.5, 0.6) is 0 Å². The van der Waals surface area contributed by atoms with Crippen molar-refractivity contribution >= 4 is 10.9 Å². The molecule has 2 heteroatoms. The van der Waals surface area contributed by atoms with E-state index in [1.54, 1.807) is 0 Å². The van der Waals surface area contributed by atoms with Crippen LogP contribution in [0.25, 0.3) is 10.9 Å². The molecule has 0 amide bonds. The van der Waals surface area contributed by atoms with E-state index in [0.29, 0.717) is 6.54 Å². The van der Waals surface area contributed by atoms with Crippen LogP contribution in [-0.2, 0) is 13.0 Å². The monoisotopic (exact) mass is 174 g/mol. The summed E-state index contributed by atoms with van der Waals surface area (Å²) >= 11 is 0. The van der Waals surface area contributed by atoms with Gasteiger partial charge in [0, 0.05) is 23.6 Å². The zero-order valence-corrected chi connectivity index (χ0v) is 7.80. The van der Waals surface area contributed by atoms with Crippen LogP contribution in [0.15, 0.2) is 24.4 Å². The van der Waals surface area contributed by atoms with Crippen molar-refractivity contribution < 1.29 is 0 Å². The molecular weight excluding hydrogens is 160 g/mol. The Balaban J connectivity index is 2.61. The minimum atomic E-state index is 0.608. The van der Waals surface area contributed by atoms with Crippen molar-refractivity contribution in [3.63, 3.8) is 0 Å². The molecule has 1 aromatic heterocycles. The van der Waals surface area contributed by atoms with Crippen LogP contribution in [0.4, 0.5) is 0 Å². The molecule has 0 unspecified atom stereocenters. The van der Waals surface area contributed by atoms with Crippen molar-refractivity contribution in [1.82, 2.24) is 4.98 Å². The topological polar surface area (TPSA) is 41.8 Å². The van der Waals surface area contributed by atoms with Crippen molar-refractivity contribution in [2.45, 2.75) is 19.9 Å². The van der Waals surface area contributed by atoms with E-state index < -0.39 is 0 Å². The van der Waals surface area contributed by atoms with E-state index in [1.165, 1.54) is 22.0 Å². The second kappa shape index (κ2) is 3.23. The van der Waals surface area contributed by atoms with E-state index >= 15 is 0 Å². The van der Waals surface area contributed by atoms with Gasteiger partial charge in [-0.25, -0.2) is 0 Å². The molecular formula is C11H14N2. The third-order valence-corrected chi connectivity index (χ3v) is 2.45. The van der Waals surface area contributed by atoms with Gasteiger partial charge in [-0.3, -0.25) is 0 Å². The molecule has 1 heterocycles. The Kier molecular flexibility index (Phi) is 2.07. The number of aromatic nitrogens is 1. The molecule has 68 valence electrons. The van der Waals surface area contributed by atoms with E-state index in [-0.39, 0.29) is 0 Å². The van der Waals surface area contributed by atoms with Gasteiger partial charge in [-0.1, -0.05) is 19.1 Å². The highest BCUT2D eigenvalue weighted by Gasteiger charge is 2.01. The molecule has 0 spiro atoms. The average Bonchev–Trinajstić information content (AvgIpc) is 2.59. The van der Waals surface area contributed by atoms with Crippen LogP contribution in [0, 0.1) is 0 Å². The molecule has 0 aliphatic rings. The Morgan fingerprint density at radius 3 is 2.92 bits per heavy atom. The summed E-state index contributed by atoms with van der Waals surface area (Å²) in [5.74, 6) is 0. The average molecular weight is 174 g/mol. The fourth-order valence-electron chi connectivity index (χ4n) is 1.65. The smallest absolute Gasteiger partial charge is 0.0460 e. The minimum absolute atomic E-state index is 0.608. The molecule has 0 aliphatic heterocycles. The fourth-order valence-corrected chi connectivity index (χ4v) is 1.65. The minimum Gasteiger partial charge on any atom is -0.361 e. The molecule has 2 rings (SSSR count). The maximum Gasteiger partial charge on any atom is 0.0460 e. The number of fused-ring (bicyclic) bond motifs is 1. The predicted molar refractivity (Wildman–Crippen MR) is 55.6 cm³/mol. The maximum absolute atomic E-state index is 5.57. The lowest BCUT2D eigenvalue weighted by molar-refractivity contribution is 1.07. The summed E-state index contributed by atoms with van der Waals surface area (Å²) < 4.78 is 0. The van der Waals surface area contributed by atoms with Crippen molar-refractivity contribution in [3.8, 4) is 0 Å². The van der Waals surface area contributed by atoms with Gasteiger partial charge in [0.15, 0.2) is 0 Å². The molecule has 0 saturated carbocycles. The SMILES string of the molecule is CCc1c[nH]c2cc(CN)ccc12. The highest BCUT2D eigenvalue weighted by molar-refractivity contribution is 5.83. The number of hydrogen-bond acceptors (Lipinski definition) is 1. The largest absolute Gasteiger partial charge is 0.361 e. The molecule has 0 atom stereocenters. The summed E-state index contributed by atoms with van der Waals surface area (Å²) in [6, 6.07) is 6.36. The van der Waals surface area contributed by atoms with Crippen molar-refractivity contribution in [1.29, 1.82) is 0 Å². The third-order valence-electron chi connectivity index (χ3n) is 2.45. The van der Waals surface area contributed by atoms with Gasteiger partial charge in [-0.05, 0) is 23.6 Å². The van der Waals surface area contributed by atoms with Crippen molar-refractivity contribution in [2.24, 2.45) is 5.73 Å². The van der Waals surface area contributed by atoms with Gasteiger partial charge in [0.1, 0.15) is 0 Å². The van der Waals surface area contributed by atoms with Crippen LogP contribution in [0.3, 0.4) is 0 Å². The maximum atomic E-state index is 5.57. The number of nitrogens with one attached hydrogen (secondary N) is 1. The Morgan fingerprint density at radius 1 is 1.38 bits per heavy atom. The number of nitrogens with two attached hydrogens (primary N) is 1. The predicted octanol–water partition coefficient (Wildman–Crippen LogP) is 2.19. The summed E-state index contributed by atoms with van der Waals surface area (Å²) in [4.78, 5) is 3.26. The molecule has 0 aliphatic carbocycles. The molecule has 13 heavy (non-hydrogen) atoms.